The van der Waals surface area contributed by atoms with E-state index in [1.807, 2.05) is 11.3 Å². The molecular formula is C14H23NOS2. The first-order valence-corrected chi connectivity index (χ1v) is 8.73. The van der Waals surface area contributed by atoms with Crippen LogP contribution in [0.5, 0.6) is 0 Å². The smallest absolute Gasteiger partial charge is 0.0462 e. The topological polar surface area (TPSA) is 21.3 Å². The molecule has 0 spiro atoms. The molecule has 0 aliphatic carbocycles. The molecule has 0 fully saturated rings. The lowest BCUT2D eigenvalue weighted by molar-refractivity contribution is 0.189. The van der Waals surface area contributed by atoms with E-state index in [0.717, 1.165) is 19.6 Å². The molecule has 2 rings (SSSR count). The normalized spacial score (nSPS) is 16.6. The third-order valence-electron chi connectivity index (χ3n) is 3.28. The molecule has 1 aliphatic heterocycles. The summed E-state index contributed by atoms with van der Waals surface area (Å²) >= 11 is 4.09. The van der Waals surface area contributed by atoms with Gasteiger partial charge in [-0.05, 0) is 43.2 Å². The standard InChI is InChI=1S/C14H23NOS2/c1-3-15-12(5-4-7-16-2)14-9-11-10-17-8-6-13(11)18-14/h9,12,15H,3-8,10H2,1-2H3. The fraction of sp³-hybridized carbons (Fsp3) is 0.714. The fourth-order valence-corrected chi connectivity index (χ4v) is 4.85. The number of hydrogen-bond acceptors (Lipinski definition) is 4. The van der Waals surface area contributed by atoms with Crippen molar-refractivity contribution in [1.29, 1.82) is 0 Å². The van der Waals surface area contributed by atoms with Gasteiger partial charge in [-0.2, -0.15) is 11.8 Å². The van der Waals surface area contributed by atoms with Crippen molar-refractivity contribution in [3.63, 3.8) is 0 Å². The summed E-state index contributed by atoms with van der Waals surface area (Å²) in [7, 11) is 1.78. The minimum Gasteiger partial charge on any atom is -0.385 e. The van der Waals surface area contributed by atoms with E-state index in [9.17, 15) is 0 Å². The number of aryl methyl sites for hydroxylation is 1. The minimum absolute atomic E-state index is 0.519. The van der Waals surface area contributed by atoms with Gasteiger partial charge in [-0.25, -0.2) is 0 Å². The molecule has 1 aromatic heterocycles. The lowest BCUT2D eigenvalue weighted by Crippen LogP contribution is -2.20. The van der Waals surface area contributed by atoms with Crippen LogP contribution in [0.15, 0.2) is 6.07 Å². The van der Waals surface area contributed by atoms with Crippen LogP contribution in [0, 0.1) is 0 Å². The van der Waals surface area contributed by atoms with Crippen LogP contribution >= 0.6 is 23.1 Å². The van der Waals surface area contributed by atoms with Crippen molar-refractivity contribution in [2.24, 2.45) is 0 Å². The first kappa shape index (κ1) is 14.4. The predicted octanol–water partition coefficient (Wildman–Crippen LogP) is 3.61. The van der Waals surface area contributed by atoms with Gasteiger partial charge in [-0.15, -0.1) is 11.3 Å². The van der Waals surface area contributed by atoms with E-state index >= 15 is 0 Å². The van der Waals surface area contributed by atoms with Crippen molar-refractivity contribution >= 4 is 23.1 Å². The van der Waals surface area contributed by atoms with Crippen molar-refractivity contribution in [3.05, 3.63) is 21.4 Å². The van der Waals surface area contributed by atoms with Crippen LogP contribution in [0.3, 0.4) is 0 Å². The van der Waals surface area contributed by atoms with Gasteiger partial charge in [0.05, 0.1) is 0 Å². The number of nitrogens with one attached hydrogen (secondary N) is 1. The van der Waals surface area contributed by atoms with Gasteiger partial charge < -0.3 is 10.1 Å². The number of rotatable bonds is 7. The maximum Gasteiger partial charge on any atom is 0.0462 e. The quantitative estimate of drug-likeness (QED) is 0.773. The van der Waals surface area contributed by atoms with Gasteiger partial charge in [0.2, 0.25) is 0 Å². The molecule has 1 N–H and O–H groups in total. The molecule has 1 aliphatic rings. The van der Waals surface area contributed by atoms with Crippen LogP contribution in [-0.4, -0.2) is 26.0 Å². The Morgan fingerprint density at radius 3 is 3.11 bits per heavy atom. The Labute approximate surface area is 119 Å². The highest BCUT2D eigenvalue weighted by Gasteiger charge is 2.18. The van der Waals surface area contributed by atoms with Crippen molar-refractivity contribution in [1.82, 2.24) is 5.32 Å². The zero-order valence-electron chi connectivity index (χ0n) is 11.3. The zero-order chi connectivity index (χ0) is 12.8. The summed E-state index contributed by atoms with van der Waals surface area (Å²) in [4.78, 5) is 3.15. The number of fused-ring (bicyclic) bond motifs is 1. The Kier molecular flexibility index (Phi) is 6.02. The number of thiophene rings is 1. The van der Waals surface area contributed by atoms with Crippen LogP contribution in [0.25, 0.3) is 0 Å². The molecule has 1 aromatic rings. The molecule has 4 heteroatoms. The van der Waals surface area contributed by atoms with E-state index in [-0.39, 0.29) is 0 Å². The fourth-order valence-electron chi connectivity index (χ4n) is 2.37. The highest BCUT2D eigenvalue weighted by Crippen LogP contribution is 2.35. The van der Waals surface area contributed by atoms with Crippen molar-refractivity contribution in [2.75, 3.05) is 26.0 Å². The average molecular weight is 285 g/mol. The molecule has 18 heavy (non-hydrogen) atoms. The maximum atomic E-state index is 5.16. The molecule has 2 heterocycles. The lowest BCUT2D eigenvalue weighted by atomic mass is 10.1. The van der Waals surface area contributed by atoms with Gasteiger partial charge in [0.1, 0.15) is 0 Å². The summed E-state index contributed by atoms with van der Waals surface area (Å²) in [6.45, 7) is 4.09. The van der Waals surface area contributed by atoms with E-state index in [0.29, 0.717) is 6.04 Å². The minimum atomic E-state index is 0.519. The first-order valence-electron chi connectivity index (χ1n) is 6.76. The van der Waals surface area contributed by atoms with Gasteiger partial charge in [0, 0.05) is 35.3 Å². The second-order valence-corrected chi connectivity index (χ2v) is 6.92. The Morgan fingerprint density at radius 2 is 2.39 bits per heavy atom. The summed E-state index contributed by atoms with van der Waals surface area (Å²) in [6.07, 6.45) is 3.57. The Morgan fingerprint density at radius 1 is 1.50 bits per heavy atom. The van der Waals surface area contributed by atoms with Crippen LogP contribution in [0.2, 0.25) is 0 Å². The third-order valence-corrected chi connectivity index (χ3v) is 5.64. The Hall–Kier alpha value is -0.0300. The maximum absolute atomic E-state index is 5.16. The van der Waals surface area contributed by atoms with Crippen LogP contribution < -0.4 is 5.32 Å². The molecule has 0 amide bonds. The van der Waals surface area contributed by atoms with Gasteiger partial charge in [0.25, 0.3) is 0 Å². The molecule has 0 bridgehead atoms. The first-order chi connectivity index (χ1) is 8.85. The molecule has 0 saturated heterocycles. The Balaban J connectivity index is 2.02. The highest BCUT2D eigenvalue weighted by atomic mass is 32.2. The summed E-state index contributed by atoms with van der Waals surface area (Å²) in [6, 6.07) is 2.96. The second kappa shape index (κ2) is 7.53. The Bertz CT molecular complexity index is 341. The molecule has 102 valence electrons. The van der Waals surface area contributed by atoms with Gasteiger partial charge in [0.15, 0.2) is 0 Å². The number of ether oxygens (including phenoxy) is 1. The number of methoxy groups -OCH3 is 1. The monoisotopic (exact) mass is 285 g/mol. The van der Waals surface area contributed by atoms with Gasteiger partial charge in [-0.3, -0.25) is 0 Å². The molecule has 0 saturated carbocycles. The van der Waals surface area contributed by atoms with Crippen LogP contribution in [0.1, 0.15) is 41.1 Å². The van der Waals surface area contributed by atoms with Crippen LogP contribution in [-0.2, 0) is 16.9 Å². The molecule has 0 radical (unpaired) electrons. The highest BCUT2D eigenvalue weighted by molar-refractivity contribution is 7.98. The second-order valence-electron chi connectivity index (χ2n) is 4.65. The van der Waals surface area contributed by atoms with Crippen LogP contribution in [0.4, 0.5) is 0 Å². The lowest BCUT2D eigenvalue weighted by Gasteiger charge is -2.16. The summed E-state index contributed by atoms with van der Waals surface area (Å²) in [5.74, 6) is 2.51. The molecule has 1 atom stereocenters. The van der Waals surface area contributed by atoms with E-state index in [2.05, 4.69) is 30.1 Å². The molecule has 2 nitrogen and oxygen atoms in total. The summed E-state index contributed by atoms with van der Waals surface area (Å²) in [5.41, 5.74) is 1.58. The third kappa shape index (κ3) is 3.73. The molecule has 1 unspecified atom stereocenters. The van der Waals surface area contributed by atoms with E-state index in [4.69, 9.17) is 4.74 Å². The van der Waals surface area contributed by atoms with Crippen molar-refractivity contribution < 1.29 is 4.74 Å². The number of hydrogen-bond donors (Lipinski definition) is 1. The zero-order valence-corrected chi connectivity index (χ0v) is 13.0. The predicted molar refractivity (Wildman–Crippen MR) is 81.7 cm³/mol. The van der Waals surface area contributed by atoms with E-state index in [1.54, 1.807) is 17.6 Å². The summed E-state index contributed by atoms with van der Waals surface area (Å²) < 4.78 is 5.16. The SMILES string of the molecule is CCNC(CCCOC)c1cc2c(s1)CCSC2. The van der Waals surface area contributed by atoms with Gasteiger partial charge in [-0.1, -0.05) is 6.92 Å². The van der Waals surface area contributed by atoms with Gasteiger partial charge >= 0.3 is 0 Å². The molecular weight excluding hydrogens is 262 g/mol. The van der Waals surface area contributed by atoms with E-state index in [1.165, 1.54) is 29.2 Å². The van der Waals surface area contributed by atoms with E-state index < -0.39 is 0 Å². The summed E-state index contributed by atoms with van der Waals surface area (Å²) in [5, 5.41) is 3.62. The largest absolute Gasteiger partial charge is 0.385 e. The van der Waals surface area contributed by atoms with Crippen molar-refractivity contribution in [2.45, 2.75) is 38.0 Å². The van der Waals surface area contributed by atoms with Crippen molar-refractivity contribution in [3.8, 4) is 0 Å². The molecule has 0 aromatic carbocycles. The number of thioether (sulfide) groups is 1. The average Bonchev–Trinajstić information content (AvgIpc) is 2.81.